The third kappa shape index (κ3) is 3.28. The van der Waals surface area contributed by atoms with Gasteiger partial charge in [-0.1, -0.05) is 48.6 Å². The summed E-state index contributed by atoms with van der Waals surface area (Å²) in [5, 5.41) is 13.7. The molecule has 2 fully saturated rings. The Morgan fingerprint density at radius 3 is 2.31 bits per heavy atom. The maximum absolute atomic E-state index is 13.3. The van der Waals surface area contributed by atoms with E-state index >= 15 is 0 Å². The minimum absolute atomic E-state index is 0.0848. The number of rotatable bonds is 6. The summed E-state index contributed by atoms with van der Waals surface area (Å²) in [5.41, 5.74) is 0.848. The first kappa shape index (κ1) is 20.1. The normalized spacial score (nSPS) is 26.3. The number of fused-ring (bicyclic) bond motifs is 5. The largest absolute Gasteiger partial charge is 0.326 e. The standard InChI is InChI=1S/C24H21N3O5/c28-20(25-17-7-4-8-18(12-17)27(31)32)13-19(14-5-2-1-3-6-14)26-23(29)21-15-9-10-16(11-15)22(21)24(26)30/h1-10,12,15-16,19,21-22H,11,13H2,(H,25,28). The number of non-ortho nitro benzene ring substituents is 1. The maximum atomic E-state index is 13.3. The molecule has 5 unspecified atom stereocenters. The van der Waals surface area contributed by atoms with Crippen LogP contribution in [0.1, 0.15) is 24.4 Å². The van der Waals surface area contributed by atoms with E-state index in [4.69, 9.17) is 0 Å². The summed E-state index contributed by atoms with van der Waals surface area (Å²) in [6, 6.07) is 14.0. The second-order valence-electron chi connectivity index (χ2n) is 8.53. The SMILES string of the molecule is O=C(CC(c1ccccc1)N1C(=O)C2C3C=CC(C3)C2C1=O)Nc1cccc([N+](=O)[O-])c1. The number of amides is 3. The Morgan fingerprint density at radius 1 is 1.03 bits per heavy atom. The van der Waals surface area contributed by atoms with Crippen molar-refractivity contribution in [1.82, 2.24) is 4.90 Å². The first-order valence-corrected chi connectivity index (χ1v) is 10.6. The van der Waals surface area contributed by atoms with Crippen LogP contribution in [0.2, 0.25) is 0 Å². The first-order valence-electron chi connectivity index (χ1n) is 10.6. The predicted molar refractivity (Wildman–Crippen MR) is 115 cm³/mol. The molecule has 1 heterocycles. The lowest BCUT2D eigenvalue weighted by atomic mass is 9.85. The van der Waals surface area contributed by atoms with E-state index in [1.165, 1.54) is 23.1 Å². The van der Waals surface area contributed by atoms with Gasteiger partial charge in [0.05, 0.1) is 29.2 Å². The zero-order chi connectivity index (χ0) is 22.4. The topological polar surface area (TPSA) is 110 Å². The molecule has 8 heteroatoms. The van der Waals surface area contributed by atoms with Crippen LogP contribution in [0.3, 0.4) is 0 Å². The highest BCUT2D eigenvalue weighted by molar-refractivity contribution is 6.07. The molecule has 0 radical (unpaired) electrons. The molecular formula is C24H21N3O5. The molecule has 1 aliphatic heterocycles. The molecule has 2 aromatic rings. The van der Waals surface area contributed by atoms with E-state index in [0.29, 0.717) is 5.56 Å². The number of hydrogen-bond acceptors (Lipinski definition) is 5. The number of imide groups is 1. The van der Waals surface area contributed by atoms with Gasteiger partial charge in [-0.15, -0.1) is 0 Å². The summed E-state index contributed by atoms with van der Waals surface area (Å²) in [6.45, 7) is 0. The summed E-state index contributed by atoms with van der Waals surface area (Å²) in [6.07, 6.45) is 4.77. The van der Waals surface area contributed by atoms with E-state index in [9.17, 15) is 24.5 Å². The maximum Gasteiger partial charge on any atom is 0.271 e. The van der Waals surface area contributed by atoms with Gasteiger partial charge in [0.25, 0.3) is 5.69 Å². The fourth-order valence-corrected chi connectivity index (χ4v) is 5.35. The Hall–Kier alpha value is -3.81. The fraction of sp³-hybridized carbons (Fsp3) is 0.292. The lowest BCUT2D eigenvalue weighted by Crippen LogP contribution is -2.38. The Bertz CT molecular complexity index is 1120. The number of nitrogens with one attached hydrogen (secondary N) is 1. The third-order valence-corrected chi connectivity index (χ3v) is 6.72. The molecule has 5 rings (SSSR count). The molecule has 2 aliphatic carbocycles. The lowest BCUT2D eigenvalue weighted by Gasteiger charge is -2.28. The van der Waals surface area contributed by atoms with Crippen molar-refractivity contribution < 1.29 is 19.3 Å². The van der Waals surface area contributed by atoms with Gasteiger partial charge in [-0.2, -0.15) is 0 Å². The van der Waals surface area contributed by atoms with Crippen LogP contribution in [0, 0.1) is 33.8 Å². The van der Waals surface area contributed by atoms with E-state index in [0.717, 1.165) is 6.42 Å². The second kappa shape index (κ2) is 7.71. The fourth-order valence-electron chi connectivity index (χ4n) is 5.35. The average Bonchev–Trinajstić information content (AvgIpc) is 3.47. The highest BCUT2D eigenvalue weighted by Crippen LogP contribution is 2.54. The van der Waals surface area contributed by atoms with Crippen LogP contribution < -0.4 is 5.32 Å². The van der Waals surface area contributed by atoms with Crippen molar-refractivity contribution in [1.29, 1.82) is 0 Å². The number of allylic oxidation sites excluding steroid dienone is 2. The zero-order valence-electron chi connectivity index (χ0n) is 17.1. The number of likely N-dealkylation sites (tertiary alicyclic amines) is 1. The quantitative estimate of drug-likeness (QED) is 0.326. The van der Waals surface area contributed by atoms with Gasteiger partial charge in [0, 0.05) is 17.8 Å². The molecule has 3 amide bonds. The summed E-state index contributed by atoms with van der Waals surface area (Å²) in [5.74, 6) is -1.38. The van der Waals surface area contributed by atoms with Gasteiger partial charge in [0.2, 0.25) is 17.7 Å². The van der Waals surface area contributed by atoms with E-state index < -0.39 is 16.9 Å². The van der Waals surface area contributed by atoms with Crippen LogP contribution in [-0.2, 0) is 14.4 Å². The van der Waals surface area contributed by atoms with Gasteiger partial charge >= 0.3 is 0 Å². The molecule has 162 valence electrons. The van der Waals surface area contributed by atoms with Crippen molar-refractivity contribution in [2.75, 3.05) is 5.32 Å². The summed E-state index contributed by atoms with van der Waals surface area (Å²) >= 11 is 0. The van der Waals surface area contributed by atoms with E-state index in [1.807, 2.05) is 18.2 Å². The molecule has 8 nitrogen and oxygen atoms in total. The molecule has 2 bridgehead atoms. The highest BCUT2D eigenvalue weighted by atomic mass is 16.6. The van der Waals surface area contributed by atoms with Crippen LogP contribution in [0.4, 0.5) is 11.4 Å². The molecule has 32 heavy (non-hydrogen) atoms. The molecule has 1 N–H and O–H groups in total. The molecule has 0 aromatic heterocycles. The van der Waals surface area contributed by atoms with E-state index in [-0.39, 0.29) is 53.3 Å². The van der Waals surface area contributed by atoms with Crippen molar-refractivity contribution in [2.24, 2.45) is 23.7 Å². The number of carbonyl (C=O) groups is 3. The molecule has 1 saturated heterocycles. The van der Waals surface area contributed by atoms with Crippen molar-refractivity contribution in [3.05, 3.63) is 82.4 Å². The Labute approximate surface area is 184 Å². The predicted octanol–water partition coefficient (Wildman–Crippen LogP) is 3.47. The van der Waals surface area contributed by atoms with Crippen molar-refractivity contribution in [2.45, 2.75) is 18.9 Å². The van der Waals surface area contributed by atoms with Crippen LogP contribution in [0.5, 0.6) is 0 Å². The van der Waals surface area contributed by atoms with Crippen LogP contribution in [0.25, 0.3) is 0 Å². The van der Waals surface area contributed by atoms with Crippen molar-refractivity contribution in [3.63, 3.8) is 0 Å². The van der Waals surface area contributed by atoms with E-state index in [2.05, 4.69) is 5.32 Å². The molecular weight excluding hydrogens is 410 g/mol. The van der Waals surface area contributed by atoms with Crippen LogP contribution in [0.15, 0.2) is 66.7 Å². The molecule has 2 aromatic carbocycles. The number of nitro groups is 1. The summed E-state index contributed by atoms with van der Waals surface area (Å²) in [4.78, 5) is 51.3. The number of hydrogen-bond donors (Lipinski definition) is 1. The highest BCUT2D eigenvalue weighted by Gasteiger charge is 2.60. The summed E-state index contributed by atoms with van der Waals surface area (Å²) in [7, 11) is 0. The molecule has 1 saturated carbocycles. The van der Waals surface area contributed by atoms with Gasteiger partial charge in [-0.05, 0) is 29.9 Å². The average molecular weight is 431 g/mol. The Kier molecular flexibility index (Phi) is 4.84. The van der Waals surface area contributed by atoms with Gasteiger partial charge < -0.3 is 5.32 Å². The van der Waals surface area contributed by atoms with E-state index in [1.54, 1.807) is 30.3 Å². The van der Waals surface area contributed by atoms with Gasteiger partial charge in [0.1, 0.15) is 0 Å². The van der Waals surface area contributed by atoms with Crippen LogP contribution in [-0.4, -0.2) is 27.5 Å². The molecule has 5 atom stereocenters. The number of anilines is 1. The minimum Gasteiger partial charge on any atom is -0.326 e. The monoisotopic (exact) mass is 431 g/mol. The van der Waals surface area contributed by atoms with Gasteiger partial charge in [0.15, 0.2) is 0 Å². The number of nitrogens with zero attached hydrogens (tertiary/aromatic N) is 2. The molecule has 3 aliphatic rings. The van der Waals surface area contributed by atoms with Crippen LogP contribution >= 0.6 is 0 Å². The smallest absolute Gasteiger partial charge is 0.271 e. The Balaban J connectivity index is 1.41. The number of benzene rings is 2. The lowest BCUT2D eigenvalue weighted by molar-refractivity contribution is -0.384. The first-order chi connectivity index (χ1) is 15.4. The van der Waals surface area contributed by atoms with Gasteiger partial charge in [-0.3, -0.25) is 29.4 Å². The van der Waals surface area contributed by atoms with Gasteiger partial charge in [-0.25, -0.2) is 0 Å². The van der Waals surface area contributed by atoms with Crippen molar-refractivity contribution >= 4 is 29.1 Å². The zero-order valence-corrected chi connectivity index (χ0v) is 17.1. The molecule has 0 spiro atoms. The van der Waals surface area contributed by atoms with Crippen molar-refractivity contribution in [3.8, 4) is 0 Å². The Morgan fingerprint density at radius 2 is 1.69 bits per heavy atom. The summed E-state index contributed by atoms with van der Waals surface area (Å²) < 4.78 is 0. The number of carbonyl (C=O) groups excluding carboxylic acids is 3. The number of nitro benzene ring substituents is 1. The second-order valence-corrected chi connectivity index (χ2v) is 8.53. The minimum atomic E-state index is -0.736. The third-order valence-electron chi connectivity index (χ3n) is 6.72.